The van der Waals surface area contributed by atoms with Gasteiger partial charge in [0.15, 0.2) is 5.78 Å². The highest BCUT2D eigenvalue weighted by Gasteiger charge is 2.33. The molecule has 2 aliphatic rings. The first-order chi connectivity index (χ1) is 12.9. The van der Waals surface area contributed by atoms with Gasteiger partial charge in [-0.05, 0) is 51.8 Å². The molecule has 0 aromatic heterocycles. The molecule has 1 amide bonds. The second-order valence-corrected chi connectivity index (χ2v) is 7.66. The molecular weight excluding hydrogens is 342 g/mol. The van der Waals surface area contributed by atoms with E-state index in [2.05, 4.69) is 11.0 Å². The van der Waals surface area contributed by atoms with Crippen LogP contribution in [0.15, 0.2) is 18.2 Å². The lowest BCUT2D eigenvalue weighted by atomic mass is 9.93. The number of hydrogen-bond acceptors (Lipinski definition) is 5. The van der Waals surface area contributed by atoms with E-state index in [1.807, 2.05) is 18.7 Å². The quantitative estimate of drug-likeness (QED) is 0.766. The number of hydrogen-bond donors (Lipinski definition) is 0. The first-order valence-corrected chi connectivity index (χ1v) is 9.63. The molecule has 0 N–H and O–H groups in total. The maximum absolute atomic E-state index is 12.9. The molecule has 2 heterocycles. The molecule has 2 saturated heterocycles. The van der Waals surface area contributed by atoms with Crippen LogP contribution in [0.2, 0.25) is 0 Å². The summed E-state index contributed by atoms with van der Waals surface area (Å²) in [4.78, 5) is 28.7. The predicted octanol–water partition coefficient (Wildman–Crippen LogP) is 2.61. The fraction of sp³-hybridized carbons (Fsp3) is 0.571. The number of morpholine rings is 1. The molecule has 6 heteroatoms. The molecule has 144 valence electrons. The lowest BCUT2D eigenvalue weighted by Gasteiger charge is -2.39. The lowest BCUT2D eigenvalue weighted by Crippen LogP contribution is -2.51. The number of anilines is 1. The van der Waals surface area contributed by atoms with Crippen molar-refractivity contribution in [2.24, 2.45) is 5.92 Å². The van der Waals surface area contributed by atoms with Crippen molar-refractivity contribution < 1.29 is 14.3 Å². The Labute approximate surface area is 160 Å². The Balaban J connectivity index is 1.67. The summed E-state index contributed by atoms with van der Waals surface area (Å²) in [6.45, 7) is 8.27. The number of rotatable bonds is 3. The molecule has 1 aromatic carbocycles. The Morgan fingerprint density at radius 1 is 1.15 bits per heavy atom. The maximum atomic E-state index is 12.9. The van der Waals surface area contributed by atoms with E-state index in [1.165, 1.54) is 6.92 Å². The van der Waals surface area contributed by atoms with Crippen LogP contribution in [0.4, 0.5) is 5.69 Å². The van der Waals surface area contributed by atoms with E-state index in [9.17, 15) is 14.9 Å². The van der Waals surface area contributed by atoms with Crippen LogP contribution in [0.25, 0.3) is 0 Å². The molecule has 1 aromatic rings. The van der Waals surface area contributed by atoms with Crippen molar-refractivity contribution in [2.75, 3.05) is 31.1 Å². The second-order valence-electron chi connectivity index (χ2n) is 7.66. The number of ketones is 1. The first kappa shape index (κ1) is 19.4. The van der Waals surface area contributed by atoms with Gasteiger partial charge in [0.25, 0.3) is 0 Å². The average molecular weight is 369 g/mol. The molecule has 0 spiro atoms. The van der Waals surface area contributed by atoms with Gasteiger partial charge in [0.2, 0.25) is 5.91 Å². The number of carbonyl (C=O) groups is 2. The van der Waals surface area contributed by atoms with Crippen molar-refractivity contribution in [3.05, 3.63) is 29.3 Å². The summed E-state index contributed by atoms with van der Waals surface area (Å²) >= 11 is 0. The van der Waals surface area contributed by atoms with E-state index >= 15 is 0 Å². The normalized spacial score (nSPS) is 23.8. The summed E-state index contributed by atoms with van der Waals surface area (Å²) in [5.41, 5.74) is 1.98. The summed E-state index contributed by atoms with van der Waals surface area (Å²) in [6.07, 6.45) is 1.66. The molecule has 2 aliphatic heterocycles. The number of carbonyl (C=O) groups excluding carboxylic acids is 2. The Kier molecular flexibility index (Phi) is 5.81. The highest BCUT2D eigenvalue weighted by Crippen LogP contribution is 2.29. The van der Waals surface area contributed by atoms with E-state index in [0.29, 0.717) is 37.3 Å². The largest absolute Gasteiger partial charge is 0.372 e. The van der Waals surface area contributed by atoms with E-state index in [4.69, 9.17) is 4.74 Å². The van der Waals surface area contributed by atoms with E-state index < -0.39 is 0 Å². The number of Topliss-reactive ketones (excluding diaryl/α,β-unsaturated/α-hetero) is 1. The SMILES string of the molecule is CC(=O)c1ccc(C#N)c(N2CCC(C(=O)N3CC(C)OC(C)C3)CC2)c1. The van der Waals surface area contributed by atoms with Gasteiger partial charge < -0.3 is 14.5 Å². The van der Waals surface area contributed by atoms with Gasteiger partial charge in [-0.1, -0.05) is 0 Å². The van der Waals surface area contributed by atoms with E-state index in [0.717, 1.165) is 18.5 Å². The van der Waals surface area contributed by atoms with Crippen LogP contribution in [0, 0.1) is 17.2 Å². The van der Waals surface area contributed by atoms with Gasteiger partial charge in [-0.3, -0.25) is 9.59 Å². The van der Waals surface area contributed by atoms with Crippen molar-refractivity contribution in [3.63, 3.8) is 0 Å². The second kappa shape index (κ2) is 8.10. The topological polar surface area (TPSA) is 73.6 Å². The highest BCUT2D eigenvalue weighted by atomic mass is 16.5. The Morgan fingerprint density at radius 2 is 1.78 bits per heavy atom. The van der Waals surface area contributed by atoms with Crippen molar-refractivity contribution in [1.29, 1.82) is 5.26 Å². The first-order valence-electron chi connectivity index (χ1n) is 9.63. The summed E-state index contributed by atoms with van der Waals surface area (Å²) in [7, 11) is 0. The minimum absolute atomic E-state index is 0.0126. The minimum atomic E-state index is -0.0126. The number of amides is 1. The number of nitrogens with zero attached hydrogens (tertiary/aromatic N) is 3. The molecule has 2 atom stereocenters. The number of piperidine rings is 1. The molecule has 2 fully saturated rings. The molecule has 0 saturated carbocycles. The van der Waals surface area contributed by atoms with Gasteiger partial charge in [0, 0.05) is 37.7 Å². The van der Waals surface area contributed by atoms with Crippen LogP contribution >= 0.6 is 0 Å². The summed E-state index contributed by atoms with van der Waals surface area (Å²) in [5.74, 6) is 0.219. The third-order valence-electron chi connectivity index (χ3n) is 5.44. The maximum Gasteiger partial charge on any atom is 0.225 e. The monoisotopic (exact) mass is 369 g/mol. The van der Waals surface area contributed by atoms with Crippen molar-refractivity contribution in [2.45, 2.75) is 45.8 Å². The Hall–Kier alpha value is -2.39. The zero-order valence-electron chi connectivity index (χ0n) is 16.3. The van der Waals surface area contributed by atoms with Crippen LogP contribution in [-0.2, 0) is 9.53 Å². The fourth-order valence-electron chi connectivity index (χ4n) is 4.09. The van der Waals surface area contributed by atoms with Crippen LogP contribution in [0.5, 0.6) is 0 Å². The van der Waals surface area contributed by atoms with Crippen LogP contribution in [0.3, 0.4) is 0 Å². The van der Waals surface area contributed by atoms with Crippen molar-refractivity contribution in [1.82, 2.24) is 4.90 Å². The highest BCUT2D eigenvalue weighted by molar-refractivity contribution is 5.95. The van der Waals surface area contributed by atoms with Crippen molar-refractivity contribution in [3.8, 4) is 6.07 Å². The smallest absolute Gasteiger partial charge is 0.225 e. The van der Waals surface area contributed by atoms with Gasteiger partial charge >= 0.3 is 0 Å². The van der Waals surface area contributed by atoms with Crippen LogP contribution in [-0.4, -0.2) is 55.0 Å². The third-order valence-corrected chi connectivity index (χ3v) is 5.44. The van der Waals surface area contributed by atoms with Crippen LogP contribution < -0.4 is 4.90 Å². The van der Waals surface area contributed by atoms with Gasteiger partial charge in [-0.15, -0.1) is 0 Å². The molecular formula is C21H27N3O3. The van der Waals surface area contributed by atoms with Crippen molar-refractivity contribution >= 4 is 17.4 Å². The molecule has 2 unspecified atom stereocenters. The summed E-state index contributed by atoms with van der Waals surface area (Å²) < 4.78 is 5.72. The van der Waals surface area contributed by atoms with E-state index in [1.54, 1.807) is 18.2 Å². The average Bonchev–Trinajstić information content (AvgIpc) is 2.66. The third kappa shape index (κ3) is 4.30. The molecule has 0 bridgehead atoms. The zero-order valence-corrected chi connectivity index (χ0v) is 16.3. The molecule has 27 heavy (non-hydrogen) atoms. The zero-order chi connectivity index (χ0) is 19.6. The van der Waals surface area contributed by atoms with Gasteiger partial charge in [-0.2, -0.15) is 5.26 Å². The Bertz CT molecular complexity index is 752. The summed E-state index contributed by atoms with van der Waals surface area (Å²) in [6, 6.07) is 7.42. The van der Waals surface area contributed by atoms with E-state index in [-0.39, 0.29) is 29.8 Å². The predicted molar refractivity (Wildman–Crippen MR) is 103 cm³/mol. The standard InChI is InChI=1S/C21H27N3O3/c1-14-12-24(13-15(2)27-14)21(26)17-6-8-23(9-7-17)20-10-18(16(3)25)4-5-19(20)11-22/h4-5,10,14-15,17H,6-9,12-13H2,1-3H3. The molecule has 3 rings (SSSR count). The van der Waals surface area contributed by atoms with Gasteiger partial charge in [-0.25, -0.2) is 0 Å². The lowest BCUT2D eigenvalue weighted by molar-refractivity contribution is -0.148. The fourth-order valence-corrected chi connectivity index (χ4v) is 4.09. The summed E-state index contributed by atoms with van der Waals surface area (Å²) in [5, 5.41) is 9.40. The number of nitriles is 1. The molecule has 0 aliphatic carbocycles. The molecule has 6 nitrogen and oxygen atoms in total. The van der Waals surface area contributed by atoms with Gasteiger partial charge in [0.05, 0.1) is 23.5 Å². The van der Waals surface area contributed by atoms with Crippen LogP contribution in [0.1, 0.15) is 49.5 Å². The van der Waals surface area contributed by atoms with Gasteiger partial charge in [0.1, 0.15) is 6.07 Å². The number of ether oxygens (including phenoxy) is 1. The number of benzene rings is 1. The Morgan fingerprint density at radius 3 is 2.33 bits per heavy atom. The molecule has 0 radical (unpaired) electrons. The minimum Gasteiger partial charge on any atom is -0.372 e.